The van der Waals surface area contributed by atoms with Gasteiger partial charge in [0.1, 0.15) is 16.8 Å². The fraction of sp³-hybridized carbons (Fsp3) is 0.125. The second-order valence-electron chi connectivity index (χ2n) is 7.11. The summed E-state index contributed by atoms with van der Waals surface area (Å²) in [5, 5.41) is 3.40. The molecular weight excluding hydrogens is 371 g/mol. The number of esters is 1. The Morgan fingerprint density at radius 2 is 1.68 bits per heavy atom. The molecule has 28 heavy (non-hydrogen) atoms. The van der Waals surface area contributed by atoms with Crippen molar-refractivity contribution in [2.24, 2.45) is 0 Å². The van der Waals surface area contributed by atoms with Gasteiger partial charge in [-0.1, -0.05) is 30.3 Å². The van der Waals surface area contributed by atoms with Crippen LogP contribution in [0.5, 0.6) is 0 Å². The first kappa shape index (κ1) is 18.4. The lowest BCUT2D eigenvalue weighted by atomic mass is 9.98. The second-order valence-corrected chi connectivity index (χ2v) is 8.97. The van der Waals surface area contributed by atoms with Crippen molar-refractivity contribution < 1.29 is 13.9 Å². The monoisotopic (exact) mass is 391 g/mol. The van der Waals surface area contributed by atoms with Crippen LogP contribution < -0.4 is 0 Å². The van der Waals surface area contributed by atoms with E-state index < -0.39 is 11.6 Å². The van der Waals surface area contributed by atoms with Crippen LogP contribution in [0.4, 0.5) is 4.39 Å². The molecule has 1 atom stereocenters. The van der Waals surface area contributed by atoms with Crippen LogP contribution in [0.15, 0.2) is 84.2 Å². The van der Waals surface area contributed by atoms with Crippen molar-refractivity contribution >= 4 is 26.5 Å². The maximum Gasteiger partial charge on any atom is 0.339 e. The van der Waals surface area contributed by atoms with Gasteiger partial charge < -0.3 is 4.74 Å². The first-order chi connectivity index (χ1) is 13.4. The van der Waals surface area contributed by atoms with Crippen molar-refractivity contribution in [3.8, 4) is 4.90 Å². The Balaban J connectivity index is 1.62. The number of fused-ring (bicyclic) bond motifs is 1. The third-order valence-corrected chi connectivity index (χ3v) is 6.77. The highest BCUT2D eigenvalue weighted by Gasteiger charge is 2.27. The summed E-state index contributed by atoms with van der Waals surface area (Å²) in [6.45, 7) is 3.61. The SMILES string of the molecule is CC(C)(OC(=O)c1cccc(-[s+]2ccc3ccccc32)c1)c1ccc(F)cc1. The first-order valence-electron chi connectivity index (χ1n) is 9.04. The third kappa shape index (κ3) is 3.56. The highest BCUT2D eigenvalue weighted by molar-refractivity contribution is 7.43. The van der Waals surface area contributed by atoms with Gasteiger partial charge in [-0.25, -0.2) is 9.18 Å². The first-order valence-corrected chi connectivity index (χ1v) is 10.3. The molecule has 0 spiro atoms. The number of carbonyl (C=O) groups excluding carboxylic acids is 1. The van der Waals surface area contributed by atoms with E-state index in [0.717, 1.165) is 10.5 Å². The fourth-order valence-corrected chi connectivity index (χ4v) is 5.13. The van der Waals surface area contributed by atoms with Crippen LogP contribution in [0.3, 0.4) is 0 Å². The molecule has 140 valence electrons. The summed E-state index contributed by atoms with van der Waals surface area (Å²) in [4.78, 5) is 13.9. The van der Waals surface area contributed by atoms with E-state index in [1.165, 1.54) is 22.2 Å². The van der Waals surface area contributed by atoms with Crippen LogP contribution in [0.1, 0.15) is 29.8 Å². The van der Waals surface area contributed by atoms with Crippen molar-refractivity contribution in [3.63, 3.8) is 0 Å². The zero-order valence-electron chi connectivity index (χ0n) is 15.7. The van der Waals surface area contributed by atoms with Gasteiger partial charge in [0.2, 0.25) is 0 Å². The van der Waals surface area contributed by atoms with E-state index in [0.29, 0.717) is 5.56 Å². The second kappa shape index (κ2) is 7.21. The molecule has 1 unspecified atom stereocenters. The molecule has 1 aromatic heterocycles. The summed E-state index contributed by atoms with van der Waals surface area (Å²) in [5.74, 6) is -0.708. The molecule has 0 aliphatic heterocycles. The normalized spacial score (nSPS) is 12.2. The van der Waals surface area contributed by atoms with Gasteiger partial charge in [0.05, 0.1) is 5.56 Å². The largest absolute Gasteiger partial charge is 0.451 e. The third-order valence-electron chi connectivity index (χ3n) is 4.75. The quantitative estimate of drug-likeness (QED) is 0.282. The van der Waals surface area contributed by atoms with Crippen LogP contribution in [0.25, 0.3) is 15.0 Å². The van der Waals surface area contributed by atoms with Crippen LogP contribution in [-0.4, -0.2) is 5.97 Å². The molecule has 4 heteroatoms. The minimum absolute atomic E-state index is 0.184. The molecule has 0 bridgehead atoms. The van der Waals surface area contributed by atoms with Gasteiger partial charge >= 0.3 is 5.97 Å². The summed E-state index contributed by atoms with van der Waals surface area (Å²) >= 11 is 0. The van der Waals surface area contributed by atoms with Gasteiger partial charge in [-0.3, -0.25) is 0 Å². The molecule has 4 rings (SSSR count). The van der Waals surface area contributed by atoms with Crippen molar-refractivity contribution in [1.29, 1.82) is 0 Å². The zero-order chi connectivity index (χ0) is 19.7. The highest BCUT2D eigenvalue weighted by atomic mass is 32.2. The van der Waals surface area contributed by atoms with Crippen molar-refractivity contribution in [2.45, 2.75) is 19.4 Å². The lowest BCUT2D eigenvalue weighted by molar-refractivity contribution is -0.00313. The van der Waals surface area contributed by atoms with E-state index in [9.17, 15) is 9.18 Å². The molecule has 1 heterocycles. The number of hydrogen-bond donors (Lipinski definition) is 0. The average Bonchev–Trinajstić information content (AvgIpc) is 3.12. The lowest BCUT2D eigenvalue weighted by Gasteiger charge is -2.25. The summed E-state index contributed by atoms with van der Waals surface area (Å²) in [5.41, 5.74) is 0.397. The minimum atomic E-state index is -0.858. The molecule has 0 radical (unpaired) electrons. The Kier molecular flexibility index (Phi) is 4.73. The van der Waals surface area contributed by atoms with Gasteiger partial charge in [-0.2, -0.15) is 0 Å². The van der Waals surface area contributed by atoms with Crippen LogP contribution in [0, 0.1) is 5.82 Å². The van der Waals surface area contributed by atoms with Gasteiger partial charge in [0, 0.05) is 28.0 Å². The Hall–Kier alpha value is -2.98. The number of ether oxygens (including phenoxy) is 1. The molecule has 0 saturated carbocycles. The van der Waals surface area contributed by atoms with Gasteiger partial charge in [-0.15, -0.1) is 0 Å². The number of benzene rings is 3. The molecule has 0 aliphatic rings. The van der Waals surface area contributed by atoms with Crippen LogP contribution in [0.2, 0.25) is 0 Å². The number of halogens is 1. The fourth-order valence-electron chi connectivity index (χ4n) is 3.20. The van der Waals surface area contributed by atoms with Crippen molar-refractivity contribution in [1.82, 2.24) is 0 Å². The minimum Gasteiger partial charge on any atom is -0.451 e. The topological polar surface area (TPSA) is 26.3 Å². The Labute approximate surface area is 166 Å². The Bertz CT molecular complexity index is 1140. The molecular formula is C24H20FO2S+. The molecule has 4 aromatic rings. The maximum absolute atomic E-state index is 13.2. The maximum atomic E-state index is 13.2. The van der Waals surface area contributed by atoms with Gasteiger partial charge in [0.25, 0.3) is 0 Å². The summed E-state index contributed by atoms with van der Waals surface area (Å²) in [6.07, 6.45) is 0. The smallest absolute Gasteiger partial charge is 0.339 e. The number of thiophene rings is 1. The van der Waals surface area contributed by atoms with E-state index in [2.05, 4.69) is 23.6 Å². The van der Waals surface area contributed by atoms with Gasteiger partial charge in [0.15, 0.2) is 9.60 Å². The number of carbonyl (C=O) groups is 1. The molecule has 0 fully saturated rings. The highest BCUT2D eigenvalue weighted by Crippen LogP contribution is 2.40. The number of hydrogen-bond acceptors (Lipinski definition) is 2. The van der Waals surface area contributed by atoms with E-state index in [-0.39, 0.29) is 16.3 Å². The van der Waals surface area contributed by atoms with E-state index in [1.807, 2.05) is 30.3 Å². The van der Waals surface area contributed by atoms with E-state index in [1.54, 1.807) is 32.0 Å². The predicted octanol–water partition coefficient (Wildman–Crippen LogP) is 6.81. The van der Waals surface area contributed by atoms with Crippen molar-refractivity contribution in [2.75, 3.05) is 0 Å². The van der Waals surface area contributed by atoms with Crippen molar-refractivity contribution in [3.05, 3.63) is 101 Å². The molecule has 3 aromatic carbocycles. The molecule has 0 N–H and O–H groups in total. The summed E-state index contributed by atoms with van der Waals surface area (Å²) in [7, 11) is -0.184. The standard InChI is InChI=1S/C24H20FO2S/c1-24(2,19-10-12-20(25)13-11-19)27-23(26)18-7-5-8-21(16-18)28-15-14-17-6-3-4-9-22(17)28/h3-16H,1-2H3/q+1. The molecule has 2 nitrogen and oxygen atoms in total. The average molecular weight is 391 g/mol. The Morgan fingerprint density at radius 1 is 0.929 bits per heavy atom. The summed E-state index contributed by atoms with van der Waals surface area (Å²) in [6, 6.07) is 24.0. The number of rotatable bonds is 4. The molecule has 0 amide bonds. The Morgan fingerprint density at radius 3 is 2.46 bits per heavy atom. The van der Waals surface area contributed by atoms with Gasteiger partial charge in [-0.05, 0) is 55.8 Å². The molecule has 0 saturated heterocycles. The lowest BCUT2D eigenvalue weighted by Crippen LogP contribution is -2.25. The zero-order valence-corrected chi connectivity index (χ0v) is 16.5. The molecule has 0 aliphatic carbocycles. The predicted molar refractivity (Wildman–Crippen MR) is 113 cm³/mol. The van der Waals surface area contributed by atoms with E-state index in [4.69, 9.17) is 4.74 Å². The van der Waals surface area contributed by atoms with E-state index >= 15 is 0 Å². The summed E-state index contributed by atoms with van der Waals surface area (Å²) < 4.78 is 20.2. The van der Waals surface area contributed by atoms with Crippen LogP contribution >= 0.6 is 10.5 Å². The van der Waals surface area contributed by atoms with Crippen LogP contribution in [-0.2, 0) is 10.3 Å².